The molecule has 0 atom stereocenters. The van der Waals surface area contributed by atoms with E-state index in [4.69, 9.17) is 22.5 Å². The molecule has 5 aromatic carbocycles. The summed E-state index contributed by atoms with van der Waals surface area (Å²) >= 11 is 0. The minimum absolute atomic E-state index is 0. The molecule has 55 heavy (non-hydrogen) atoms. The standard InChI is InChI=1S/C33H26NO2.C17H20N.Ir/c1-19-18-34-28(16-20(19)17-33(2,3)4)27-10-7-9-22-24-14-15-25-26(31(24)36-32(22)27)13-12-23-21-8-5-6-11-29(21)35-30(23)25;1-13-5-8-15(9-6-13)16-10-7-14(12-18-16)11-17(2,3)4;/h5-9,11-16,18H,17H2,1-4H3;5-8,10,12H,11H2,1-4H3;/q2*-1;/i1D3,17D2;1D3,11D2;. The van der Waals surface area contributed by atoms with Gasteiger partial charge in [-0.1, -0.05) is 107 Å². The first kappa shape index (κ1) is 27.5. The Kier molecular flexibility index (Phi) is 7.43. The van der Waals surface area contributed by atoms with Gasteiger partial charge in [-0.3, -0.25) is 0 Å². The van der Waals surface area contributed by atoms with Gasteiger partial charge in [-0.05, 0) is 77.2 Å². The van der Waals surface area contributed by atoms with Crippen molar-refractivity contribution in [1.82, 2.24) is 9.97 Å². The molecular formula is C50H46IrN2O2-2. The molecule has 0 fully saturated rings. The zero-order valence-electron chi connectivity index (χ0n) is 41.4. The largest absolute Gasteiger partial charge is 0.500 e. The summed E-state index contributed by atoms with van der Waals surface area (Å²) in [5.41, 5.74) is 4.49. The number of furan rings is 2. The molecule has 5 heteroatoms. The third-order valence-electron chi connectivity index (χ3n) is 8.98. The van der Waals surface area contributed by atoms with E-state index in [1.54, 1.807) is 57.2 Å². The van der Waals surface area contributed by atoms with Gasteiger partial charge in [0.25, 0.3) is 0 Å². The van der Waals surface area contributed by atoms with E-state index in [1.807, 2.05) is 63.2 Å². The molecule has 0 saturated heterocycles. The van der Waals surface area contributed by atoms with Crippen LogP contribution in [0.3, 0.4) is 0 Å². The van der Waals surface area contributed by atoms with E-state index >= 15 is 0 Å². The van der Waals surface area contributed by atoms with Gasteiger partial charge < -0.3 is 18.8 Å². The molecule has 279 valence electrons. The average molecular weight is 909 g/mol. The molecule has 4 heterocycles. The van der Waals surface area contributed by atoms with Gasteiger partial charge in [-0.15, -0.1) is 53.6 Å². The number of aryl methyl sites for hydroxylation is 2. The first-order valence-corrected chi connectivity index (χ1v) is 17.9. The summed E-state index contributed by atoms with van der Waals surface area (Å²) in [6, 6.07) is 35.7. The number of para-hydroxylation sites is 1. The number of benzene rings is 5. The van der Waals surface area contributed by atoms with Crippen LogP contribution in [-0.2, 0) is 32.9 Å². The van der Waals surface area contributed by atoms with E-state index in [2.05, 4.69) is 34.2 Å². The van der Waals surface area contributed by atoms with Crippen molar-refractivity contribution >= 4 is 54.6 Å². The minimum Gasteiger partial charge on any atom is -0.500 e. The Morgan fingerprint density at radius 3 is 1.95 bits per heavy atom. The number of aromatic nitrogens is 2. The molecule has 0 aliphatic carbocycles. The van der Waals surface area contributed by atoms with Crippen molar-refractivity contribution in [3.05, 3.63) is 144 Å². The monoisotopic (exact) mass is 909 g/mol. The van der Waals surface area contributed by atoms with Crippen molar-refractivity contribution in [3.8, 4) is 22.5 Å². The fourth-order valence-electron chi connectivity index (χ4n) is 6.72. The summed E-state index contributed by atoms with van der Waals surface area (Å²) in [5, 5.41) is 5.73. The van der Waals surface area contributed by atoms with Crippen LogP contribution in [0.25, 0.3) is 77.2 Å². The van der Waals surface area contributed by atoms with E-state index in [-0.39, 0.29) is 36.8 Å². The number of rotatable bonds is 4. The zero-order valence-corrected chi connectivity index (χ0v) is 33.8. The number of pyridine rings is 2. The Morgan fingerprint density at radius 1 is 0.636 bits per heavy atom. The summed E-state index contributed by atoms with van der Waals surface area (Å²) in [6.07, 6.45) is -0.631. The van der Waals surface area contributed by atoms with Crippen molar-refractivity contribution in [1.29, 1.82) is 0 Å². The van der Waals surface area contributed by atoms with Crippen LogP contribution < -0.4 is 0 Å². The van der Waals surface area contributed by atoms with E-state index in [0.717, 1.165) is 43.5 Å². The maximum atomic E-state index is 8.89. The summed E-state index contributed by atoms with van der Waals surface area (Å²) in [7, 11) is 0. The van der Waals surface area contributed by atoms with Gasteiger partial charge in [-0.25, -0.2) is 0 Å². The Bertz CT molecular complexity index is 3210. The minimum atomic E-state index is -2.52. The van der Waals surface area contributed by atoms with Crippen LogP contribution in [-0.4, -0.2) is 9.97 Å². The van der Waals surface area contributed by atoms with Crippen LogP contribution in [0.2, 0.25) is 0 Å². The maximum Gasteiger partial charge on any atom is 0.143 e. The smallest absolute Gasteiger partial charge is 0.143 e. The van der Waals surface area contributed by atoms with Gasteiger partial charge >= 0.3 is 0 Å². The number of nitrogens with zero attached hydrogens (tertiary/aromatic N) is 2. The molecule has 0 amide bonds. The molecule has 9 aromatic rings. The van der Waals surface area contributed by atoms with Crippen LogP contribution in [0.5, 0.6) is 0 Å². The van der Waals surface area contributed by atoms with E-state index in [1.165, 1.54) is 18.5 Å². The molecule has 9 rings (SSSR count). The molecule has 4 aromatic heterocycles. The molecule has 4 nitrogen and oxygen atoms in total. The first-order chi connectivity index (χ1) is 29.8. The van der Waals surface area contributed by atoms with Crippen molar-refractivity contribution < 1.29 is 42.6 Å². The van der Waals surface area contributed by atoms with Crippen molar-refractivity contribution in [2.75, 3.05) is 0 Å². The molecule has 0 bridgehead atoms. The second-order valence-electron chi connectivity index (χ2n) is 15.6. The topological polar surface area (TPSA) is 52.1 Å². The van der Waals surface area contributed by atoms with Crippen LogP contribution in [0.4, 0.5) is 0 Å². The quantitative estimate of drug-likeness (QED) is 0.165. The normalized spacial score (nSPS) is 15.7. The van der Waals surface area contributed by atoms with Crippen LogP contribution >= 0.6 is 0 Å². The molecule has 0 aliphatic rings. The van der Waals surface area contributed by atoms with Crippen molar-refractivity contribution in [2.24, 2.45) is 10.8 Å². The molecule has 0 N–H and O–H groups in total. The zero-order chi connectivity index (χ0) is 46.4. The van der Waals surface area contributed by atoms with Gasteiger partial charge in [0.15, 0.2) is 0 Å². The maximum absolute atomic E-state index is 8.89. The fraction of sp³-hybridized carbons (Fsp3) is 0.240. The molecule has 1 radical (unpaired) electrons. The SMILES string of the molecule is [2H]C([2H])([2H])c1c[c-]c(-c2ccc(C([2H])([2H])C(C)(C)C)cn2)cc1.[2H]C([2H])([2H])c1cnc(-c2[c-]ccc3c2oc2c3ccc3c2ccc2c4ccccc4oc23)cc1C([2H])([2H])C(C)(C)C.[Ir]. The van der Waals surface area contributed by atoms with Gasteiger partial charge in [0, 0.05) is 73.1 Å². The average Bonchev–Trinajstić information content (AvgIpc) is 3.81. The summed E-state index contributed by atoms with van der Waals surface area (Å²) < 4.78 is 93.3. The molecule has 0 saturated carbocycles. The predicted octanol–water partition coefficient (Wildman–Crippen LogP) is 13.8. The fourth-order valence-corrected chi connectivity index (χ4v) is 6.72. The number of hydrogen-bond acceptors (Lipinski definition) is 4. The van der Waals surface area contributed by atoms with E-state index in [9.17, 15) is 0 Å². The number of hydrogen-bond donors (Lipinski definition) is 0. The summed E-state index contributed by atoms with van der Waals surface area (Å²) in [6.45, 7) is 6.16. The molecule has 0 spiro atoms. The molecular weight excluding hydrogens is 853 g/mol. The van der Waals surface area contributed by atoms with Crippen LogP contribution in [0.1, 0.15) is 77.5 Å². The molecule has 0 aliphatic heterocycles. The summed E-state index contributed by atoms with van der Waals surface area (Å²) in [4.78, 5) is 8.80. The van der Waals surface area contributed by atoms with Crippen LogP contribution in [0.15, 0.2) is 118 Å². The second-order valence-corrected chi connectivity index (χ2v) is 15.6. The predicted molar refractivity (Wildman–Crippen MR) is 225 cm³/mol. The third-order valence-corrected chi connectivity index (χ3v) is 8.98. The van der Waals surface area contributed by atoms with E-state index < -0.39 is 37.3 Å². The van der Waals surface area contributed by atoms with E-state index in [0.29, 0.717) is 39.2 Å². The third kappa shape index (κ3) is 7.87. The number of fused-ring (bicyclic) bond motifs is 9. The Hall–Kier alpha value is -5.09. The first-order valence-electron chi connectivity index (χ1n) is 22.9. The van der Waals surface area contributed by atoms with Gasteiger partial charge in [0.1, 0.15) is 16.7 Å². The Morgan fingerprint density at radius 2 is 1.31 bits per heavy atom. The van der Waals surface area contributed by atoms with Gasteiger partial charge in [-0.2, -0.15) is 0 Å². The summed E-state index contributed by atoms with van der Waals surface area (Å²) in [5.74, 6) is 0. The van der Waals surface area contributed by atoms with Gasteiger partial charge in [0.2, 0.25) is 0 Å². The Labute approximate surface area is 351 Å². The Balaban J connectivity index is 0.000000225. The van der Waals surface area contributed by atoms with Crippen molar-refractivity contribution in [2.45, 2.75) is 68.0 Å². The van der Waals surface area contributed by atoms with Gasteiger partial charge in [0.05, 0.1) is 5.58 Å². The molecule has 0 unspecified atom stereocenters. The van der Waals surface area contributed by atoms with Crippen LogP contribution in [0, 0.1) is 36.7 Å². The van der Waals surface area contributed by atoms with Crippen molar-refractivity contribution in [3.63, 3.8) is 0 Å². The second kappa shape index (κ2) is 14.9.